The minimum atomic E-state index is -0.345. The molecule has 3 atom stereocenters. The van der Waals surface area contributed by atoms with Crippen LogP contribution in [0.15, 0.2) is 72.8 Å². The van der Waals surface area contributed by atoms with Crippen LogP contribution in [-0.2, 0) is 0 Å². The van der Waals surface area contributed by atoms with E-state index >= 15 is 0 Å². The second-order valence-corrected chi connectivity index (χ2v) is 5.97. The van der Waals surface area contributed by atoms with Gasteiger partial charge in [0.2, 0.25) is 0 Å². The van der Waals surface area contributed by atoms with Crippen LogP contribution in [0, 0.1) is 5.92 Å². The van der Waals surface area contributed by atoms with Gasteiger partial charge in [-0.15, -0.1) is 0 Å². The minimum absolute atomic E-state index is 0.345. The third-order valence-corrected chi connectivity index (χ3v) is 4.59. The molecule has 3 unspecified atom stereocenters. The van der Waals surface area contributed by atoms with Gasteiger partial charge >= 0.3 is 0 Å². The van der Waals surface area contributed by atoms with Crippen molar-refractivity contribution in [2.24, 2.45) is 5.92 Å². The second kappa shape index (κ2) is 5.01. The molecule has 0 saturated heterocycles. The highest BCUT2D eigenvalue weighted by Gasteiger charge is 2.43. The molecule has 3 aromatic carbocycles. The first-order chi connectivity index (χ1) is 10.3. The highest BCUT2D eigenvalue weighted by Crippen LogP contribution is 2.54. The zero-order chi connectivity index (χ0) is 14.2. The summed E-state index contributed by atoms with van der Waals surface area (Å²) in [6.07, 6.45) is 0.733. The predicted molar refractivity (Wildman–Crippen MR) is 86.2 cm³/mol. The van der Waals surface area contributed by atoms with E-state index in [1.807, 2.05) is 30.3 Å². The summed E-state index contributed by atoms with van der Waals surface area (Å²) in [6.45, 7) is 0. The molecule has 1 heteroatoms. The van der Waals surface area contributed by atoms with E-state index < -0.39 is 0 Å². The first kappa shape index (κ1) is 12.6. The summed E-state index contributed by atoms with van der Waals surface area (Å²) in [5, 5.41) is 13.1. The summed E-state index contributed by atoms with van der Waals surface area (Å²) in [5.74, 6) is 0.846. The predicted octanol–water partition coefficient (Wildman–Crippen LogP) is 4.68. The van der Waals surface area contributed by atoms with Gasteiger partial charge in [0, 0.05) is 0 Å². The molecule has 0 aromatic heterocycles. The van der Waals surface area contributed by atoms with Crippen LogP contribution in [0.1, 0.15) is 29.6 Å². The summed E-state index contributed by atoms with van der Waals surface area (Å²) in [5.41, 5.74) is 2.39. The molecule has 1 nitrogen and oxygen atoms in total. The molecule has 1 aliphatic rings. The Balaban J connectivity index is 1.58. The Kier molecular flexibility index (Phi) is 3.01. The Hall–Kier alpha value is -2.12. The van der Waals surface area contributed by atoms with E-state index in [1.165, 1.54) is 16.3 Å². The maximum Gasteiger partial charge on any atom is 0.0824 e. The lowest BCUT2D eigenvalue weighted by atomic mass is 9.99. The maximum absolute atomic E-state index is 10.5. The number of rotatable bonds is 3. The summed E-state index contributed by atoms with van der Waals surface area (Å²) in [4.78, 5) is 0. The van der Waals surface area contributed by atoms with E-state index in [1.54, 1.807) is 0 Å². The van der Waals surface area contributed by atoms with Gasteiger partial charge in [-0.05, 0) is 40.2 Å². The molecule has 1 aliphatic carbocycles. The number of aliphatic hydroxyl groups is 1. The third kappa shape index (κ3) is 2.34. The largest absolute Gasteiger partial charge is 0.388 e. The fraction of sp³-hybridized carbons (Fsp3) is 0.200. The number of hydrogen-bond donors (Lipinski definition) is 1. The molecule has 0 radical (unpaired) electrons. The summed E-state index contributed by atoms with van der Waals surface area (Å²) in [7, 11) is 0. The molecule has 1 saturated carbocycles. The highest BCUT2D eigenvalue weighted by molar-refractivity contribution is 5.83. The normalized spacial score (nSPS) is 22.1. The van der Waals surface area contributed by atoms with E-state index in [0.717, 1.165) is 12.0 Å². The second-order valence-electron chi connectivity index (χ2n) is 5.97. The van der Waals surface area contributed by atoms with Crippen LogP contribution in [0.25, 0.3) is 10.8 Å². The first-order valence-corrected chi connectivity index (χ1v) is 7.54. The van der Waals surface area contributed by atoms with Crippen molar-refractivity contribution in [2.45, 2.75) is 18.4 Å². The average molecular weight is 274 g/mol. The SMILES string of the molecule is OC(c1ccccc1)C1CC1c1ccc2ccccc2c1. The van der Waals surface area contributed by atoms with Gasteiger partial charge in [-0.1, -0.05) is 72.8 Å². The summed E-state index contributed by atoms with van der Waals surface area (Å²) >= 11 is 0. The van der Waals surface area contributed by atoms with E-state index in [4.69, 9.17) is 0 Å². The quantitative estimate of drug-likeness (QED) is 0.735. The zero-order valence-corrected chi connectivity index (χ0v) is 11.8. The van der Waals surface area contributed by atoms with Crippen molar-refractivity contribution in [1.29, 1.82) is 0 Å². The molecule has 4 rings (SSSR count). The van der Waals surface area contributed by atoms with Gasteiger partial charge in [0.15, 0.2) is 0 Å². The van der Waals surface area contributed by atoms with Crippen LogP contribution < -0.4 is 0 Å². The molecule has 3 aromatic rings. The smallest absolute Gasteiger partial charge is 0.0824 e. The van der Waals surface area contributed by atoms with Crippen molar-refractivity contribution in [2.75, 3.05) is 0 Å². The molecular weight excluding hydrogens is 256 g/mol. The van der Waals surface area contributed by atoms with E-state index in [0.29, 0.717) is 11.8 Å². The summed E-state index contributed by atoms with van der Waals surface area (Å²) < 4.78 is 0. The fourth-order valence-electron chi connectivity index (χ4n) is 3.28. The van der Waals surface area contributed by atoms with Crippen LogP contribution in [0.2, 0.25) is 0 Å². The van der Waals surface area contributed by atoms with Crippen LogP contribution in [0.4, 0.5) is 0 Å². The standard InChI is InChI=1S/C20H18O/c21-20(15-7-2-1-3-8-15)19-13-18(19)17-11-10-14-6-4-5-9-16(14)12-17/h1-12,18-21H,13H2. The Morgan fingerprint density at radius 3 is 2.33 bits per heavy atom. The molecular formula is C20H18O. The van der Waals surface area contributed by atoms with Gasteiger partial charge in [0.05, 0.1) is 6.10 Å². The Labute approximate surface area is 124 Å². The Bertz CT molecular complexity index is 763. The van der Waals surface area contributed by atoms with Crippen molar-refractivity contribution in [3.05, 3.63) is 83.9 Å². The number of fused-ring (bicyclic) bond motifs is 1. The van der Waals surface area contributed by atoms with Crippen LogP contribution in [0.5, 0.6) is 0 Å². The van der Waals surface area contributed by atoms with Gasteiger partial charge in [0.1, 0.15) is 0 Å². The van der Waals surface area contributed by atoms with Crippen molar-refractivity contribution < 1.29 is 5.11 Å². The van der Waals surface area contributed by atoms with Crippen LogP contribution in [-0.4, -0.2) is 5.11 Å². The summed E-state index contributed by atoms with van der Waals surface area (Å²) in [6, 6.07) is 25.1. The van der Waals surface area contributed by atoms with Gasteiger partial charge in [-0.25, -0.2) is 0 Å². The Morgan fingerprint density at radius 1 is 0.810 bits per heavy atom. The number of benzene rings is 3. The third-order valence-electron chi connectivity index (χ3n) is 4.59. The fourth-order valence-corrected chi connectivity index (χ4v) is 3.28. The monoisotopic (exact) mass is 274 g/mol. The zero-order valence-electron chi connectivity index (χ0n) is 11.8. The van der Waals surface area contributed by atoms with Crippen molar-refractivity contribution >= 4 is 10.8 Å². The van der Waals surface area contributed by atoms with Gasteiger partial charge < -0.3 is 5.11 Å². The van der Waals surface area contributed by atoms with Crippen molar-refractivity contribution in [1.82, 2.24) is 0 Å². The number of aliphatic hydroxyl groups excluding tert-OH is 1. The van der Waals surface area contributed by atoms with Crippen molar-refractivity contribution in [3.63, 3.8) is 0 Å². The minimum Gasteiger partial charge on any atom is -0.388 e. The molecule has 104 valence electrons. The van der Waals surface area contributed by atoms with Gasteiger partial charge in [-0.2, -0.15) is 0 Å². The molecule has 0 heterocycles. The van der Waals surface area contributed by atoms with Crippen LogP contribution in [0.3, 0.4) is 0 Å². The lowest BCUT2D eigenvalue weighted by Gasteiger charge is -2.11. The lowest BCUT2D eigenvalue weighted by Crippen LogP contribution is -2.00. The average Bonchev–Trinajstić information content (AvgIpc) is 3.35. The molecule has 1 fully saturated rings. The molecule has 0 spiro atoms. The van der Waals surface area contributed by atoms with Gasteiger partial charge in [-0.3, -0.25) is 0 Å². The van der Waals surface area contributed by atoms with E-state index in [2.05, 4.69) is 42.5 Å². The highest BCUT2D eigenvalue weighted by atomic mass is 16.3. The molecule has 0 amide bonds. The molecule has 0 aliphatic heterocycles. The van der Waals surface area contributed by atoms with E-state index in [9.17, 15) is 5.11 Å². The first-order valence-electron chi connectivity index (χ1n) is 7.54. The molecule has 1 N–H and O–H groups in total. The van der Waals surface area contributed by atoms with Crippen LogP contribution >= 0.6 is 0 Å². The molecule has 0 bridgehead atoms. The maximum atomic E-state index is 10.5. The van der Waals surface area contributed by atoms with Gasteiger partial charge in [0.25, 0.3) is 0 Å². The Morgan fingerprint density at radius 2 is 1.52 bits per heavy atom. The lowest BCUT2D eigenvalue weighted by molar-refractivity contribution is 0.151. The number of hydrogen-bond acceptors (Lipinski definition) is 1. The molecule has 21 heavy (non-hydrogen) atoms. The van der Waals surface area contributed by atoms with Crippen molar-refractivity contribution in [3.8, 4) is 0 Å². The van der Waals surface area contributed by atoms with E-state index in [-0.39, 0.29) is 6.10 Å². The topological polar surface area (TPSA) is 20.2 Å².